The fourth-order valence-electron chi connectivity index (χ4n) is 4.03. The highest BCUT2D eigenvalue weighted by Crippen LogP contribution is 2.38. The number of hydrogen-bond acceptors (Lipinski definition) is 2. The molecular weight excluding hydrogens is 434 g/mol. The monoisotopic (exact) mass is 460 g/mol. The lowest BCUT2D eigenvalue weighted by Crippen LogP contribution is -2.29. The zero-order chi connectivity index (χ0) is 23.5. The highest BCUT2D eigenvalue weighted by Gasteiger charge is 2.34. The molecule has 0 heterocycles. The molecule has 8 heteroatoms. The molecular formula is C24H26F6O2. The zero-order valence-corrected chi connectivity index (χ0v) is 18.0. The van der Waals surface area contributed by atoms with Crippen LogP contribution in [-0.4, -0.2) is 19.1 Å². The summed E-state index contributed by atoms with van der Waals surface area (Å²) in [4.78, 5) is 0. The molecule has 2 aromatic rings. The Morgan fingerprint density at radius 2 is 1.41 bits per heavy atom. The van der Waals surface area contributed by atoms with E-state index in [9.17, 15) is 26.3 Å². The van der Waals surface area contributed by atoms with Crippen molar-refractivity contribution in [1.29, 1.82) is 0 Å². The van der Waals surface area contributed by atoms with Crippen molar-refractivity contribution in [2.45, 2.75) is 57.8 Å². The number of rotatable bonds is 8. The van der Waals surface area contributed by atoms with Crippen molar-refractivity contribution in [1.82, 2.24) is 0 Å². The molecule has 0 aromatic heterocycles. The molecule has 0 atom stereocenters. The van der Waals surface area contributed by atoms with Gasteiger partial charge < -0.3 is 9.47 Å². The lowest BCUT2D eigenvalue weighted by atomic mass is 9.79. The second-order valence-electron chi connectivity index (χ2n) is 8.34. The van der Waals surface area contributed by atoms with Crippen LogP contribution < -0.4 is 9.47 Å². The summed E-state index contributed by atoms with van der Waals surface area (Å²) >= 11 is 0. The van der Waals surface area contributed by atoms with E-state index in [1.807, 2.05) is 0 Å². The SMILES string of the molecule is CCOc1ccc(OCC(F)(F)Cc2ccc(C3CCC(C)CC3)c(F)c2F)c(F)c1F. The molecule has 0 unspecified atom stereocenters. The number of halogens is 6. The summed E-state index contributed by atoms with van der Waals surface area (Å²) in [6, 6.07) is 4.57. The fourth-order valence-corrected chi connectivity index (χ4v) is 4.03. The van der Waals surface area contributed by atoms with Crippen LogP contribution in [0.2, 0.25) is 0 Å². The molecule has 176 valence electrons. The van der Waals surface area contributed by atoms with Gasteiger partial charge in [-0.1, -0.05) is 31.9 Å². The number of ether oxygens (including phenoxy) is 2. The van der Waals surface area contributed by atoms with Crippen LogP contribution in [0.15, 0.2) is 24.3 Å². The highest BCUT2D eigenvalue weighted by atomic mass is 19.3. The van der Waals surface area contributed by atoms with Crippen molar-refractivity contribution >= 4 is 0 Å². The molecule has 1 fully saturated rings. The summed E-state index contributed by atoms with van der Waals surface area (Å²) in [6.07, 6.45) is 2.13. The van der Waals surface area contributed by atoms with E-state index in [0.717, 1.165) is 43.9 Å². The molecule has 2 aromatic carbocycles. The molecule has 1 saturated carbocycles. The van der Waals surface area contributed by atoms with Crippen molar-refractivity contribution in [3.8, 4) is 11.5 Å². The van der Waals surface area contributed by atoms with E-state index in [1.165, 1.54) is 6.07 Å². The molecule has 0 saturated heterocycles. The van der Waals surface area contributed by atoms with Gasteiger partial charge in [0, 0.05) is 6.42 Å². The first kappa shape index (κ1) is 24.3. The maximum Gasteiger partial charge on any atom is 0.285 e. The third-order valence-electron chi connectivity index (χ3n) is 5.85. The first-order chi connectivity index (χ1) is 15.1. The first-order valence-corrected chi connectivity index (χ1v) is 10.7. The van der Waals surface area contributed by atoms with Gasteiger partial charge in [0.25, 0.3) is 5.92 Å². The highest BCUT2D eigenvalue weighted by molar-refractivity contribution is 5.35. The standard InChI is InChI=1S/C24H26F6O2/c1-3-31-18-10-11-19(23(28)22(18)27)32-13-24(29,30)12-16-8-9-17(21(26)20(16)25)15-6-4-14(2)5-7-15/h8-11,14-15H,3-7,12-13H2,1-2H3. The van der Waals surface area contributed by atoms with Gasteiger partial charge in [-0.3, -0.25) is 0 Å². The molecule has 0 aliphatic heterocycles. The predicted octanol–water partition coefficient (Wildman–Crippen LogP) is 7.19. The average molecular weight is 460 g/mol. The van der Waals surface area contributed by atoms with E-state index in [4.69, 9.17) is 9.47 Å². The van der Waals surface area contributed by atoms with Crippen molar-refractivity contribution in [2.75, 3.05) is 13.2 Å². The van der Waals surface area contributed by atoms with Gasteiger partial charge in [-0.25, -0.2) is 17.6 Å². The molecule has 3 rings (SSSR count). The van der Waals surface area contributed by atoms with E-state index < -0.39 is 53.5 Å². The van der Waals surface area contributed by atoms with Crippen LogP contribution in [0.1, 0.15) is 56.6 Å². The third kappa shape index (κ3) is 5.51. The quantitative estimate of drug-likeness (QED) is 0.388. The van der Waals surface area contributed by atoms with Crippen molar-refractivity contribution in [3.63, 3.8) is 0 Å². The second kappa shape index (κ2) is 10.0. The number of alkyl halides is 2. The van der Waals surface area contributed by atoms with E-state index >= 15 is 0 Å². The van der Waals surface area contributed by atoms with Crippen LogP contribution in [0.3, 0.4) is 0 Å². The molecule has 0 radical (unpaired) electrons. The van der Waals surface area contributed by atoms with Crippen LogP contribution >= 0.6 is 0 Å². The summed E-state index contributed by atoms with van der Waals surface area (Å²) in [5.74, 6) is -9.55. The summed E-state index contributed by atoms with van der Waals surface area (Å²) in [6.45, 7) is 2.44. The average Bonchev–Trinajstić information content (AvgIpc) is 2.75. The van der Waals surface area contributed by atoms with E-state index in [1.54, 1.807) is 6.92 Å². The Morgan fingerprint density at radius 3 is 2.00 bits per heavy atom. The number of hydrogen-bond donors (Lipinski definition) is 0. The summed E-state index contributed by atoms with van der Waals surface area (Å²) in [7, 11) is 0. The second-order valence-corrected chi connectivity index (χ2v) is 8.34. The van der Waals surface area contributed by atoms with E-state index in [-0.39, 0.29) is 23.8 Å². The Bertz CT molecular complexity index is 939. The van der Waals surface area contributed by atoms with Crippen molar-refractivity contribution < 1.29 is 35.8 Å². The Balaban J connectivity index is 1.68. The number of benzene rings is 2. The van der Waals surface area contributed by atoms with Crippen LogP contribution in [-0.2, 0) is 6.42 Å². The Morgan fingerprint density at radius 1 is 0.812 bits per heavy atom. The topological polar surface area (TPSA) is 18.5 Å². The smallest absolute Gasteiger partial charge is 0.285 e. The molecule has 0 amide bonds. The van der Waals surface area contributed by atoms with Gasteiger partial charge >= 0.3 is 0 Å². The molecule has 2 nitrogen and oxygen atoms in total. The summed E-state index contributed by atoms with van der Waals surface area (Å²) in [5, 5.41) is 0. The Hall–Kier alpha value is -2.38. The maximum atomic E-state index is 14.6. The minimum atomic E-state index is -3.64. The van der Waals surface area contributed by atoms with Gasteiger partial charge in [0.2, 0.25) is 11.6 Å². The minimum Gasteiger partial charge on any atom is -0.491 e. The first-order valence-electron chi connectivity index (χ1n) is 10.7. The zero-order valence-electron chi connectivity index (χ0n) is 18.0. The molecule has 32 heavy (non-hydrogen) atoms. The Kier molecular flexibility index (Phi) is 7.62. The van der Waals surface area contributed by atoms with Gasteiger partial charge in [-0.05, 0) is 54.9 Å². The van der Waals surface area contributed by atoms with Crippen molar-refractivity contribution in [3.05, 3.63) is 58.7 Å². The Labute approximate surface area is 183 Å². The predicted molar refractivity (Wildman–Crippen MR) is 108 cm³/mol. The third-order valence-corrected chi connectivity index (χ3v) is 5.85. The molecule has 1 aliphatic carbocycles. The van der Waals surface area contributed by atoms with Crippen LogP contribution in [0.25, 0.3) is 0 Å². The van der Waals surface area contributed by atoms with Gasteiger partial charge in [0.1, 0.15) is 0 Å². The van der Waals surface area contributed by atoms with Crippen LogP contribution in [0.4, 0.5) is 26.3 Å². The van der Waals surface area contributed by atoms with Gasteiger partial charge in [-0.15, -0.1) is 0 Å². The molecule has 1 aliphatic rings. The normalized spacial score (nSPS) is 19.1. The van der Waals surface area contributed by atoms with Gasteiger partial charge in [0.05, 0.1) is 6.61 Å². The molecule has 0 bridgehead atoms. The fraction of sp³-hybridized carbons (Fsp3) is 0.500. The maximum absolute atomic E-state index is 14.6. The van der Waals surface area contributed by atoms with E-state index in [0.29, 0.717) is 5.92 Å². The van der Waals surface area contributed by atoms with Crippen LogP contribution in [0.5, 0.6) is 11.5 Å². The van der Waals surface area contributed by atoms with Gasteiger partial charge in [-0.2, -0.15) is 8.78 Å². The largest absolute Gasteiger partial charge is 0.491 e. The summed E-state index contributed by atoms with van der Waals surface area (Å²) in [5.41, 5.74) is -0.285. The van der Waals surface area contributed by atoms with E-state index in [2.05, 4.69) is 6.92 Å². The lowest BCUT2D eigenvalue weighted by molar-refractivity contribution is -0.0417. The molecule has 0 N–H and O–H groups in total. The minimum absolute atomic E-state index is 0.0927. The molecule has 0 spiro atoms. The van der Waals surface area contributed by atoms with Crippen molar-refractivity contribution in [2.24, 2.45) is 5.92 Å². The van der Waals surface area contributed by atoms with Crippen LogP contribution in [0, 0.1) is 29.2 Å². The lowest BCUT2D eigenvalue weighted by Gasteiger charge is -2.27. The van der Waals surface area contributed by atoms with Gasteiger partial charge in [0.15, 0.2) is 29.7 Å². The summed E-state index contributed by atoms with van der Waals surface area (Å²) < 4.78 is 95.4.